The molecule has 0 aliphatic heterocycles. The zero-order valence-corrected chi connectivity index (χ0v) is 9.23. The average molecular weight is 224 g/mol. The van der Waals surface area contributed by atoms with Crippen molar-refractivity contribution in [3.05, 3.63) is 29.8 Å². The van der Waals surface area contributed by atoms with Crippen LogP contribution in [0.4, 0.5) is 0 Å². The lowest BCUT2D eigenvalue weighted by Crippen LogP contribution is -2.05. The Kier molecular flexibility index (Phi) is 6.79. The van der Waals surface area contributed by atoms with Crippen LogP contribution in [0.5, 0.6) is 5.75 Å². The lowest BCUT2D eigenvalue weighted by atomic mass is 10.1. The second-order valence-corrected chi connectivity index (χ2v) is 3.18. The second kappa shape index (κ2) is 7.59. The van der Waals surface area contributed by atoms with Crippen molar-refractivity contribution in [3.8, 4) is 5.75 Å². The number of ether oxygens (including phenoxy) is 1. The number of rotatable bonds is 6. The Morgan fingerprint density at radius 2 is 2.06 bits per heavy atom. The number of hydrogen-bond donors (Lipinski definition) is 0. The number of para-hydroxylation sites is 1. The molecule has 16 heavy (non-hydrogen) atoms. The highest BCUT2D eigenvalue weighted by molar-refractivity contribution is 6.34. The maximum Gasteiger partial charge on any atom is 0.229 e. The van der Waals surface area contributed by atoms with E-state index in [0.29, 0.717) is 24.2 Å². The van der Waals surface area contributed by atoms with Gasteiger partial charge in [-0.1, -0.05) is 25.5 Å². The van der Waals surface area contributed by atoms with Gasteiger partial charge in [0.2, 0.25) is 5.78 Å². The molecule has 2 N–H and O–H groups in total. The van der Waals surface area contributed by atoms with Gasteiger partial charge in [-0.3, -0.25) is 9.59 Å². The van der Waals surface area contributed by atoms with Gasteiger partial charge in [0.05, 0.1) is 12.2 Å². The molecule has 1 aromatic rings. The summed E-state index contributed by atoms with van der Waals surface area (Å²) in [5, 5.41) is 0. The first-order chi connectivity index (χ1) is 7.29. The topological polar surface area (TPSA) is 74.9 Å². The Morgan fingerprint density at radius 3 is 2.69 bits per heavy atom. The number of carbonyl (C=O) groups is 2. The molecule has 1 aromatic carbocycles. The zero-order valence-electron chi connectivity index (χ0n) is 9.23. The van der Waals surface area contributed by atoms with Gasteiger partial charge < -0.3 is 10.2 Å². The molecular weight excluding hydrogens is 208 g/mol. The van der Waals surface area contributed by atoms with E-state index in [0.717, 1.165) is 12.8 Å². The van der Waals surface area contributed by atoms with E-state index in [1.54, 1.807) is 24.3 Å². The molecule has 0 bridgehead atoms. The number of benzene rings is 1. The van der Waals surface area contributed by atoms with Crippen LogP contribution in [0.25, 0.3) is 0 Å². The number of unbranched alkanes of at least 4 members (excludes halogenated alkanes) is 1. The first-order valence-corrected chi connectivity index (χ1v) is 5.01. The maximum absolute atomic E-state index is 11.2. The van der Waals surface area contributed by atoms with E-state index < -0.39 is 5.78 Å². The molecular formula is C12H16O4. The Labute approximate surface area is 94.5 Å². The number of ketones is 1. The van der Waals surface area contributed by atoms with E-state index in [1.807, 2.05) is 0 Å². The van der Waals surface area contributed by atoms with Crippen LogP contribution in [0, 0.1) is 0 Å². The fourth-order valence-corrected chi connectivity index (χ4v) is 1.19. The molecule has 0 amide bonds. The van der Waals surface area contributed by atoms with Crippen LogP contribution in [-0.2, 0) is 4.79 Å². The standard InChI is InChI=1S/C12H14O3.H2O/c1-2-3-8-15-12-7-5-4-6-10(12)11(14)9-13;/h4-7,9H,2-3,8H2,1H3;1H2. The molecule has 0 spiro atoms. The monoisotopic (exact) mass is 224 g/mol. The average Bonchev–Trinajstić information content (AvgIpc) is 2.29. The molecule has 88 valence electrons. The highest BCUT2D eigenvalue weighted by Gasteiger charge is 2.10. The molecule has 0 atom stereocenters. The van der Waals surface area contributed by atoms with Crippen LogP contribution >= 0.6 is 0 Å². The van der Waals surface area contributed by atoms with Crippen molar-refractivity contribution in [1.29, 1.82) is 0 Å². The molecule has 1 rings (SSSR count). The highest BCUT2D eigenvalue weighted by atomic mass is 16.5. The Hall–Kier alpha value is -1.68. The highest BCUT2D eigenvalue weighted by Crippen LogP contribution is 2.18. The fourth-order valence-electron chi connectivity index (χ4n) is 1.19. The molecule has 0 unspecified atom stereocenters. The third kappa shape index (κ3) is 3.82. The SMILES string of the molecule is CCCCOc1ccccc1C(=O)C=O.O. The summed E-state index contributed by atoms with van der Waals surface area (Å²) < 4.78 is 5.42. The molecule has 0 saturated carbocycles. The summed E-state index contributed by atoms with van der Waals surface area (Å²) in [6.45, 7) is 2.63. The van der Waals surface area contributed by atoms with Crippen LogP contribution in [0.1, 0.15) is 30.1 Å². The lowest BCUT2D eigenvalue weighted by molar-refractivity contribution is -0.104. The summed E-state index contributed by atoms with van der Waals surface area (Å²) in [5.74, 6) is -0.0508. The van der Waals surface area contributed by atoms with E-state index >= 15 is 0 Å². The molecule has 0 aliphatic rings. The minimum absolute atomic E-state index is 0. The molecule has 0 heterocycles. The van der Waals surface area contributed by atoms with E-state index in [1.165, 1.54) is 0 Å². The van der Waals surface area contributed by atoms with E-state index in [4.69, 9.17) is 4.74 Å². The largest absolute Gasteiger partial charge is 0.493 e. The molecule has 0 aromatic heterocycles. The van der Waals surface area contributed by atoms with Crippen molar-refractivity contribution in [2.24, 2.45) is 0 Å². The predicted octanol–water partition coefficient (Wildman–Crippen LogP) is 1.42. The van der Waals surface area contributed by atoms with Gasteiger partial charge in [0.1, 0.15) is 5.75 Å². The molecule has 4 heteroatoms. The normalized spacial score (nSPS) is 9.06. The predicted molar refractivity (Wildman–Crippen MR) is 60.9 cm³/mol. The Morgan fingerprint density at radius 1 is 1.38 bits per heavy atom. The minimum Gasteiger partial charge on any atom is -0.493 e. The van der Waals surface area contributed by atoms with Crippen LogP contribution in [-0.4, -0.2) is 24.2 Å². The molecule has 0 radical (unpaired) electrons. The summed E-state index contributed by atoms with van der Waals surface area (Å²) in [5.41, 5.74) is 0.337. The summed E-state index contributed by atoms with van der Waals surface area (Å²) in [4.78, 5) is 21.6. The van der Waals surface area contributed by atoms with Gasteiger partial charge in [-0.05, 0) is 18.6 Å². The van der Waals surface area contributed by atoms with Crippen molar-refractivity contribution >= 4 is 12.1 Å². The number of aldehydes is 1. The summed E-state index contributed by atoms with van der Waals surface area (Å²) in [6, 6.07) is 6.79. The molecule has 0 fully saturated rings. The van der Waals surface area contributed by atoms with Crippen molar-refractivity contribution < 1.29 is 19.8 Å². The van der Waals surface area contributed by atoms with Crippen molar-refractivity contribution in [1.82, 2.24) is 0 Å². The van der Waals surface area contributed by atoms with Gasteiger partial charge in [0, 0.05) is 0 Å². The number of hydrogen-bond acceptors (Lipinski definition) is 3. The van der Waals surface area contributed by atoms with Gasteiger partial charge in [-0.2, -0.15) is 0 Å². The van der Waals surface area contributed by atoms with Crippen molar-refractivity contribution in [2.75, 3.05) is 6.61 Å². The molecule has 4 nitrogen and oxygen atoms in total. The summed E-state index contributed by atoms with van der Waals surface area (Å²) in [7, 11) is 0. The van der Waals surface area contributed by atoms with Crippen molar-refractivity contribution in [3.63, 3.8) is 0 Å². The fraction of sp³-hybridized carbons (Fsp3) is 0.333. The summed E-state index contributed by atoms with van der Waals surface area (Å²) >= 11 is 0. The quantitative estimate of drug-likeness (QED) is 0.317. The third-order valence-corrected chi connectivity index (χ3v) is 2.02. The Balaban J connectivity index is 0.00000225. The van der Waals surface area contributed by atoms with Crippen LogP contribution in [0.15, 0.2) is 24.3 Å². The van der Waals surface area contributed by atoms with Crippen molar-refractivity contribution in [2.45, 2.75) is 19.8 Å². The van der Waals surface area contributed by atoms with Gasteiger partial charge in [-0.25, -0.2) is 0 Å². The van der Waals surface area contributed by atoms with Gasteiger partial charge in [-0.15, -0.1) is 0 Å². The summed E-state index contributed by atoms with van der Waals surface area (Å²) in [6.07, 6.45) is 2.27. The first-order valence-electron chi connectivity index (χ1n) is 5.01. The van der Waals surface area contributed by atoms with E-state index in [9.17, 15) is 9.59 Å². The Bertz CT molecular complexity index is 347. The number of carbonyl (C=O) groups excluding carboxylic acids is 2. The van der Waals surface area contributed by atoms with Crippen LogP contribution < -0.4 is 4.74 Å². The maximum atomic E-state index is 11.2. The van der Waals surface area contributed by atoms with E-state index in [2.05, 4.69) is 6.92 Å². The number of Topliss-reactive ketones (excluding diaryl/α,β-unsaturated/α-hetero) is 1. The first kappa shape index (κ1) is 14.3. The van der Waals surface area contributed by atoms with Gasteiger partial charge >= 0.3 is 0 Å². The second-order valence-electron chi connectivity index (χ2n) is 3.18. The molecule has 0 saturated heterocycles. The van der Waals surface area contributed by atoms with Crippen LogP contribution in [0.3, 0.4) is 0 Å². The zero-order chi connectivity index (χ0) is 11.1. The van der Waals surface area contributed by atoms with Gasteiger partial charge in [0.15, 0.2) is 6.29 Å². The van der Waals surface area contributed by atoms with Crippen LogP contribution in [0.2, 0.25) is 0 Å². The minimum atomic E-state index is -0.540. The smallest absolute Gasteiger partial charge is 0.229 e. The third-order valence-electron chi connectivity index (χ3n) is 2.02. The van der Waals surface area contributed by atoms with Gasteiger partial charge in [0.25, 0.3) is 0 Å². The molecule has 0 aliphatic carbocycles. The van der Waals surface area contributed by atoms with E-state index in [-0.39, 0.29) is 5.48 Å². The lowest BCUT2D eigenvalue weighted by Gasteiger charge is -2.07.